The first kappa shape index (κ1) is 14.8. The number of amidine groups is 1. The molecule has 2 rings (SSSR count). The van der Waals surface area contributed by atoms with Gasteiger partial charge >= 0.3 is 0 Å². The summed E-state index contributed by atoms with van der Waals surface area (Å²) in [6.45, 7) is 2.58. The van der Waals surface area contributed by atoms with E-state index < -0.39 is 5.82 Å². The van der Waals surface area contributed by atoms with Crippen LogP contribution in [0.2, 0.25) is 0 Å². The molecule has 0 heterocycles. The van der Waals surface area contributed by atoms with Crippen LogP contribution in [-0.2, 0) is 11.3 Å². The summed E-state index contributed by atoms with van der Waals surface area (Å²) < 4.78 is 19.4. The molecule has 5 heteroatoms. The molecular weight excluding hydrogens is 259 g/mol. The average molecular weight is 280 g/mol. The van der Waals surface area contributed by atoms with Crippen molar-refractivity contribution < 1.29 is 14.3 Å². The molecule has 0 saturated heterocycles. The van der Waals surface area contributed by atoms with Crippen molar-refractivity contribution in [1.82, 2.24) is 0 Å². The molecule has 1 aliphatic rings. The highest BCUT2D eigenvalue weighted by Crippen LogP contribution is 2.26. The molecule has 0 aromatic heterocycles. The first-order chi connectivity index (χ1) is 9.58. The Kier molecular flexibility index (Phi) is 4.95. The molecule has 1 saturated carbocycles. The highest BCUT2D eigenvalue weighted by atomic mass is 19.1. The number of oxime groups is 1. The lowest BCUT2D eigenvalue weighted by molar-refractivity contribution is 0.00457. The van der Waals surface area contributed by atoms with E-state index in [1.54, 1.807) is 6.07 Å². The van der Waals surface area contributed by atoms with Crippen LogP contribution < -0.4 is 5.73 Å². The van der Waals surface area contributed by atoms with Crippen LogP contribution in [-0.4, -0.2) is 17.1 Å². The number of rotatable bonds is 4. The zero-order valence-corrected chi connectivity index (χ0v) is 11.7. The standard InChI is InChI=1S/C15H21FN2O2/c1-10-3-2-4-14(5-10)20-9-11-6-12(15(17)18-19)8-13(16)7-11/h6-8,10,14,19H,2-5,9H2,1H3,(H2,17,18). The Balaban J connectivity index is 2.00. The van der Waals surface area contributed by atoms with Gasteiger partial charge in [0.1, 0.15) is 5.82 Å². The quantitative estimate of drug-likeness (QED) is 0.385. The van der Waals surface area contributed by atoms with Gasteiger partial charge in [-0.1, -0.05) is 24.9 Å². The maximum Gasteiger partial charge on any atom is 0.170 e. The molecule has 0 spiro atoms. The molecule has 2 unspecified atom stereocenters. The van der Waals surface area contributed by atoms with Crippen molar-refractivity contribution in [3.63, 3.8) is 0 Å². The Morgan fingerprint density at radius 3 is 2.95 bits per heavy atom. The predicted molar refractivity (Wildman–Crippen MR) is 75.1 cm³/mol. The summed E-state index contributed by atoms with van der Waals surface area (Å²) in [4.78, 5) is 0. The first-order valence-corrected chi connectivity index (χ1v) is 6.97. The van der Waals surface area contributed by atoms with Crippen LogP contribution in [0.5, 0.6) is 0 Å². The maximum atomic E-state index is 13.5. The smallest absolute Gasteiger partial charge is 0.170 e. The minimum Gasteiger partial charge on any atom is -0.409 e. The molecule has 1 aromatic carbocycles. The molecule has 4 nitrogen and oxygen atoms in total. The lowest BCUT2D eigenvalue weighted by atomic mass is 9.89. The summed E-state index contributed by atoms with van der Waals surface area (Å²) in [6, 6.07) is 4.34. The van der Waals surface area contributed by atoms with Crippen LogP contribution in [0.25, 0.3) is 0 Å². The van der Waals surface area contributed by atoms with Crippen molar-refractivity contribution in [2.24, 2.45) is 16.8 Å². The Labute approximate surface area is 118 Å². The molecule has 110 valence electrons. The number of halogens is 1. The minimum atomic E-state index is -0.412. The van der Waals surface area contributed by atoms with E-state index in [0.717, 1.165) is 12.8 Å². The highest BCUT2D eigenvalue weighted by Gasteiger charge is 2.19. The topological polar surface area (TPSA) is 67.8 Å². The van der Waals surface area contributed by atoms with E-state index in [1.807, 2.05) is 0 Å². The summed E-state index contributed by atoms with van der Waals surface area (Å²) in [5.41, 5.74) is 6.54. The van der Waals surface area contributed by atoms with Gasteiger partial charge in [-0.05, 0) is 42.5 Å². The van der Waals surface area contributed by atoms with Crippen molar-refractivity contribution in [3.05, 3.63) is 35.1 Å². The molecule has 20 heavy (non-hydrogen) atoms. The van der Waals surface area contributed by atoms with E-state index in [9.17, 15) is 4.39 Å². The van der Waals surface area contributed by atoms with E-state index in [4.69, 9.17) is 15.7 Å². The van der Waals surface area contributed by atoms with Gasteiger partial charge in [0.25, 0.3) is 0 Å². The van der Waals surface area contributed by atoms with Crippen LogP contribution in [0, 0.1) is 11.7 Å². The Bertz CT molecular complexity index is 491. The van der Waals surface area contributed by atoms with Gasteiger partial charge in [0, 0.05) is 5.56 Å². The van der Waals surface area contributed by atoms with Gasteiger partial charge in [-0.2, -0.15) is 0 Å². The molecule has 1 fully saturated rings. The average Bonchev–Trinajstić information content (AvgIpc) is 2.44. The van der Waals surface area contributed by atoms with Crippen molar-refractivity contribution in [2.75, 3.05) is 0 Å². The summed E-state index contributed by atoms with van der Waals surface area (Å²) in [5.74, 6) is 0.177. The number of hydrogen-bond acceptors (Lipinski definition) is 3. The van der Waals surface area contributed by atoms with Crippen LogP contribution in [0.3, 0.4) is 0 Å². The van der Waals surface area contributed by atoms with E-state index in [1.165, 1.54) is 25.0 Å². The molecule has 0 bridgehead atoms. The second-order valence-electron chi connectivity index (χ2n) is 5.54. The fraction of sp³-hybridized carbons (Fsp3) is 0.533. The third-order valence-corrected chi connectivity index (χ3v) is 3.74. The number of nitrogens with zero attached hydrogens (tertiary/aromatic N) is 1. The maximum absolute atomic E-state index is 13.5. The number of ether oxygens (including phenoxy) is 1. The second-order valence-corrected chi connectivity index (χ2v) is 5.54. The van der Waals surface area contributed by atoms with E-state index >= 15 is 0 Å². The third kappa shape index (κ3) is 3.93. The van der Waals surface area contributed by atoms with Crippen molar-refractivity contribution in [1.29, 1.82) is 0 Å². The molecule has 0 radical (unpaired) electrons. The van der Waals surface area contributed by atoms with E-state index in [2.05, 4.69) is 12.1 Å². The van der Waals surface area contributed by atoms with Crippen molar-refractivity contribution >= 4 is 5.84 Å². The van der Waals surface area contributed by atoms with Gasteiger partial charge in [0.15, 0.2) is 5.84 Å². The van der Waals surface area contributed by atoms with Crippen LogP contribution in [0.4, 0.5) is 4.39 Å². The molecule has 0 amide bonds. The van der Waals surface area contributed by atoms with Gasteiger partial charge < -0.3 is 15.7 Å². The Morgan fingerprint density at radius 1 is 1.45 bits per heavy atom. The van der Waals surface area contributed by atoms with Gasteiger partial charge in [0.05, 0.1) is 12.7 Å². The van der Waals surface area contributed by atoms with Gasteiger partial charge in [-0.3, -0.25) is 0 Å². The third-order valence-electron chi connectivity index (χ3n) is 3.74. The van der Waals surface area contributed by atoms with Crippen LogP contribution in [0.15, 0.2) is 23.4 Å². The second kappa shape index (κ2) is 6.70. The monoisotopic (exact) mass is 280 g/mol. The highest BCUT2D eigenvalue weighted by molar-refractivity contribution is 5.97. The molecule has 1 aliphatic carbocycles. The fourth-order valence-corrected chi connectivity index (χ4v) is 2.68. The van der Waals surface area contributed by atoms with Gasteiger partial charge in [0.2, 0.25) is 0 Å². The number of benzene rings is 1. The molecule has 0 aliphatic heterocycles. The Morgan fingerprint density at radius 2 is 2.25 bits per heavy atom. The normalized spacial score (nSPS) is 23.8. The van der Waals surface area contributed by atoms with E-state index in [-0.39, 0.29) is 11.9 Å². The first-order valence-electron chi connectivity index (χ1n) is 6.97. The van der Waals surface area contributed by atoms with E-state index in [0.29, 0.717) is 23.7 Å². The van der Waals surface area contributed by atoms with Gasteiger partial charge in [-0.25, -0.2) is 4.39 Å². The Hall–Kier alpha value is -1.62. The summed E-state index contributed by atoms with van der Waals surface area (Å²) in [6.07, 6.45) is 4.81. The zero-order valence-electron chi connectivity index (χ0n) is 11.7. The fourth-order valence-electron chi connectivity index (χ4n) is 2.68. The SMILES string of the molecule is CC1CCCC(OCc2cc(F)cc(/C(N)=N/O)c2)C1. The molecular formula is C15H21FN2O2. The van der Waals surface area contributed by atoms with Gasteiger partial charge in [-0.15, -0.1) is 0 Å². The number of hydrogen-bond donors (Lipinski definition) is 2. The minimum absolute atomic E-state index is 0.1000. The predicted octanol–water partition coefficient (Wildman–Crippen LogP) is 3.02. The molecule has 3 N–H and O–H groups in total. The van der Waals surface area contributed by atoms with Crippen molar-refractivity contribution in [3.8, 4) is 0 Å². The van der Waals surface area contributed by atoms with Crippen molar-refractivity contribution in [2.45, 2.75) is 45.3 Å². The summed E-state index contributed by atoms with van der Waals surface area (Å²) in [5, 5.41) is 11.5. The summed E-state index contributed by atoms with van der Waals surface area (Å²) >= 11 is 0. The molecule has 1 aromatic rings. The lowest BCUT2D eigenvalue weighted by Crippen LogP contribution is -2.21. The lowest BCUT2D eigenvalue weighted by Gasteiger charge is -2.26. The zero-order chi connectivity index (χ0) is 14.5. The van der Waals surface area contributed by atoms with Crippen LogP contribution >= 0.6 is 0 Å². The van der Waals surface area contributed by atoms with Crippen LogP contribution in [0.1, 0.15) is 43.7 Å². The number of nitrogens with two attached hydrogens (primary N) is 1. The summed E-state index contributed by atoms with van der Waals surface area (Å²) in [7, 11) is 0. The largest absolute Gasteiger partial charge is 0.409 e. The molecule has 2 atom stereocenters.